The molecule has 1 heterocycles. The van der Waals surface area contributed by atoms with Crippen LogP contribution in [0.3, 0.4) is 0 Å². The molecular weight excluding hydrogens is 380 g/mol. The number of ether oxygens (including phenoxy) is 2. The molecule has 1 aromatic rings. The standard InChI is InChI=1S/C19H24N4O6/c1-11-5-7-19(8-6-11)17(26)23(18(27)21-19)22-16(25)12-3-4-13(14(9-12)28-2)29-10-15(20)24/h3-4,9,11H,5-8,10H2,1-2H3,(H2,20,24)(H,21,27)(H,22,25). The number of benzene rings is 1. The van der Waals surface area contributed by atoms with Gasteiger partial charge in [0.15, 0.2) is 18.1 Å². The van der Waals surface area contributed by atoms with Gasteiger partial charge in [-0.3, -0.25) is 19.8 Å². The molecule has 3 rings (SSSR count). The monoisotopic (exact) mass is 404 g/mol. The van der Waals surface area contributed by atoms with Gasteiger partial charge in [-0.1, -0.05) is 6.92 Å². The number of rotatable bonds is 6. The summed E-state index contributed by atoms with van der Waals surface area (Å²) in [6.07, 6.45) is 2.76. The highest BCUT2D eigenvalue weighted by atomic mass is 16.5. The molecule has 1 aliphatic carbocycles. The number of hydrogen-bond acceptors (Lipinski definition) is 6. The molecule has 2 fully saturated rings. The van der Waals surface area contributed by atoms with Gasteiger partial charge in [0.05, 0.1) is 7.11 Å². The molecule has 1 saturated carbocycles. The lowest BCUT2D eigenvalue weighted by atomic mass is 9.77. The van der Waals surface area contributed by atoms with Crippen molar-refractivity contribution >= 4 is 23.8 Å². The second kappa shape index (κ2) is 7.98. The van der Waals surface area contributed by atoms with E-state index >= 15 is 0 Å². The van der Waals surface area contributed by atoms with Gasteiger partial charge in [0.1, 0.15) is 5.54 Å². The smallest absolute Gasteiger partial charge is 0.344 e. The predicted octanol–water partition coefficient (Wildman–Crippen LogP) is 0.705. The number of hydrogen-bond donors (Lipinski definition) is 3. The van der Waals surface area contributed by atoms with Crippen molar-refractivity contribution in [2.75, 3.05) is 13.7 Å². The Morgan fingerprint density at radius 1 is 1.28 bits per heavy atom. The van der Waals surface area contributed by atoms with Crippen molar-refractivity contribution < 1.29 is 28.7 Å². The van der Waals surface area contributed by atoms with Crippen LogP contribution in [-0.4, -0.2) is 48.0 Å². The fourth-order valence-corrected chi connectivity index (χ4v) is 3.56. The number of methoxy groups -OCH3 is 1. The predicted molar refractivity (Wildman–Crippen MR) is 101 cm³/mol. The minimum atomic E-state index is -0.943. The summed E-state index contributed by atoms with van der Waals surface area (Å²) >= 11 is 0. The molecular formula is C19H24N4O6. The minimum absolute atomic E-state index is 0.145. The van der Waals surface area contributed by atoms with Crippen LogP contribution in [0.2, 0.25) is 0 Å². The Morgan fingerprint density at radius 3 is 2.59 bits per heavy atom. The number of carbonyl (C=O) groups is 4. The highest BCUT2D eigenvalue weighted by molar-refractivity contribution is 6.09. The Hall–Kier alpha value is -3.30. The number of imide groups is 1. The van der Waals surface area contributed by atoms with E-state index in [9.17, 15) is 19.2 Å². The maximum atomic E-state index is 12.8. The van der Waals surface area contributed by atoms with Crippen molar-refractivity contribution in [1.29, 1.82) is 0 Å². The van der Waals surface area contributed by atoms with Crippen molar-refractivity contribution in [2.24, 2.45) is 11.7 Å². The largest absolute Gasteiger partial charge is 0.493 e. The minimum Gasteiger partial charge on any atom is -0.493 e. The fourth-order valence-electron chi connectivity index (χ4n) is 3.56. The molecule has 0 unspecified atom stereocenters. The van der Waals surface area contributed by atoms with Gasteiger partial charge in [-0.25, -0.2) is 4.79 Å². The third-order valence-corrected chi connectivity index (χ3v) is 5.30. The van der Waals surface area contributed by atoms with Gasteiger partial charge in [0.2, 0.25) is 0 Å². The summed E-state index contributed by atoms with van der Waals surface area (Å²) in [5, 5.41) is 3.48. The summed E-state index contributed by atoms with van der Waals surface area (Å²) in [5.41, 5.74) is 6.61. The normalized spacial score (nSPS) is 23.7. The molecule has 1 spiro atoms. The molecule has 156 valence electrons. The SMILES string of the molecule is COc1cc(C(=O)NN2C(=O)NC3(CCC(C)CC3)C2=O)ccc1OCC(N)=O. The zero-order valence-electron chi connectivity index (χ0n) is 16.3. The summed E-state index contributed by atoms with van der Waals surface area (Å²) in [6.45, 7) is 1.77. The van der Waals surface area contributed by atoms with Gasteiger partial charge >= 0.3 is 6.03 Å². The van der Waals surface area contributed by atoms with Gasteiger partial charge in [-0.2, -0.15) is 5.01 Å². The molecule has 0 aromatic heterocycles. The Balaban J connectivity index is 1.72. The van der Waals surface area contributed by atoms with Crippen molar-refractivity contribution in [1.82, 2.24) is 15.8 Å². The van der Waals surface area contributed by atoms with E-state index in [1.54, 1.807) is 0 Å². The Kier molecular flexibility index (Phi) is 5.62. The van der Waals surface area contributed by atoms with Crippen LogP contribution in [-0.2, 0) is 9.59 Å². The molecule has 10 nitrogen and oxygen atoms in total. The van der Waals surface area contributed by atoms with E-state index in [0.29, 0.717) is 18.8 Å². The van der Waals surface area contributed by atoms with Crippen LogP contribution in [0.5, 0.6) is 11.5 Å². The van der Waals surface area contributed by atoms with Crippen molar-refractivity contribution in [2.45, 2.75) is 38.1 Å². The van der Waals surface area contributed by atoms with E-state index in [0.717, 1.165) is 17.9 Å². The van der Waals surface area contributed by atoms with Gasteiger partial charge in [-0.05, 0) is 49.8 Å². The second-order valence-electron chi connectivity index (χ2n) is 7.40. The molecule has 10 heteroatoms. The maximum absolute atomic E-state index is 12.8. The van der Waals surface area contributed by atoms with Crippen molar-refractivity contribution in [3.05, 3.63) is 23.8 Å². The van der Waals surface area contributed by atoms with Gasteiger partial charge < -0.3 is 20.5 Å². The van der Waals surface area contributed by atoms with E-state index in [1.165, 1.54) is 25.3 Å². The fraction of sp³-hybridized carbons (Fsp3) is 0.474. The van der Waals surface area contributed by atoms with Gasteiger partial charge in [-0.15, -0.1) is 0 Å². The molecule has 29 heavy (non-hydrogen) atoms. The van der Waals surface area contributed by atoms with Crippen LogP contribution >= 0.6 is 0 Å². The molecule has 1 saturated heterocycles. The number of nitrogens with one attached hydrogen (secondary N) is 2. The number of primary amides is 1. The van der Waals surface area contributed by atoms with Crippen LogP contribution in [0, 0.1) is 5.92 Å². The molecule has 1 aliphatic heterocycles. The summed E-state index contributed by atoms with van der Waals surface area (Å²) in [6, 6.07) is 3.59. The number of nitrogens with zero attached hydrogens (tertiary/aromatic N) is 1. The van der Waals surface area contributed by atoms with E-state index in [4.69, 9.17) is 15.2 Å². The third kappa shape index (κ3) is 4.10. The highest BCUT2D eigenvalue weighted by Gasteiger charge is 2.52. The molecule has 2 aliphatic rings. The number of nitrogens with two attached hydrogens (primary N) is 1. The molecule has 5 amide bonds. The first-order valence-corrected chi connectivity index (χ1v) is 9.32. The summed E-state index contributed by atoms with van der Waals surface area (Å²) < 4.78 is 10.4. The van der Waals surface area contributed by atoms with Gasteiger partial charge in [0, 0.05) is 5.56 Å². The lowest BCUT2D eigenvalue weighted by Crippen LogP contribution is -2.51. The molecule has 1 aromatic carbocycles. The van der Waals surface area contributed by atoms with Crippen LogP contribution in [0.4, 0.5) is 4.79 Å². The van der Waals surface area contributed by atoms with Crippen LogP contribution in [0.1, 0.15) is 43.0 Å². The van der Waals surface area contributed by atoms with Crippen LogP contribution in [0.15, 0.2) is 18.2 Å². The van der Waals surface area contributed by atoms with Crippen LogP contribution < -0.4 is 25.9 Å². The lowest BCUT2D eigenvalue weighted by Gasteiger charge is -2.33. The Labute approximate surface area is 167 Å². The molecule has 0 atom stereocenters. The number of carbonyl (C=O) groups excluding carboxylic acids is 4. The van der Waals surface area contributed by atoms with E-state index in [2.05, 4.69) is 17.7 Å². The van der Waals surface area contributed by atoms with Crippen molar-refractivity contribution in [3.63, 3.8) is 0 Å². The Bertz CT molecular complexity index is 847. The van der Waals surface area contributed by atoms with E-state index in [-0.39, 0.29) is 23.7 Å². The number of urea groups is 1. The average Bonchev–Trinajstić information content (AvgIpc) is 2.92. The van der Waals surface area contributed by atoms with Gasteiger partial charge in [0.25, 0.3) is 17.7 Å². The highest BCUT2D eigenvalue weighted by Crippen LogP contribution is 2.36. The van der Waals surface area contributed by atoms with Crippen molar-refractivity contribution in [3.8, 4) is 11.5 Å². The number of amides is 5. The molecule has 0 bridgehead atoms. The quantitative estimate of drug-likeness (QED) is 0.597. The number of hydrazine groups is 1. The zero-order valence-corrected chi connectivity index (χ0v) is 16.3. The van der Waals surface area contributed by atoms with E-state index < -0.39 is 29.3 Å². The zero-order chi connectivity index (χ0) is 21.2. The molecule has 4 N–H and O–H groups in total. The van der Waals surface area contributed by atoms with Crippen LogP contribution in [0.25, 0.3) is 0 Å². The summed E-state index contributed by atoms with van der Waals surface area (Å²) in [5.74, 6) is -0.831. The van der Waals surface area contributed by atoms with E-state index in [1.807, 2.05) is 0 Å². The maximum Gasteiger partial charge on any atom is 0.344 e. The first kappa shape index (κ1) is 20.4. The third-order valence-electron chi connectivity index (χ3n) is 5.30. The first-order chi connectivity index (χ1) is 13.8. The summed E-state index contributed by atoms with van der Waals surface area (Å²) in [7, 11) is 1.37. The second-order valence-corrected chi connectivity index (χ2v) is 7.40. The Morgan fingerprint density at radius 2 is 1.97 bits per heavy atom. The molecule has 0 radical (unpaired) electrons. The average molecular weight is 404 g/mol. The lowest BCUT2D eigenvalue weighted by molar-refractivity contribution is -0.134. The topological polar surface area (TPSA) is 140 Å². The first-order valence-electron chi connectivity index (χ1n) is 9.32. The summed E-state index contributed by atoms with van der Waals surface area (Å²) in [4.78, 5) is 48.6.